The van der Waals surface area contributed by atoms with Crippen LogP contribution in [0.3, 0.4) is 0 Å². The molecule has 1 aliphatic rings. The van der Waals surface area contributed by atoms with Gasteiger partial charge < -0.3 is 25.0 Å². The molecule has 1 saturated heterocycles. The number of amides is 2. The molecule has 0 bridgehead atoms. The van der Waals surface area contributed by atoms with Gasteiger partial charge >= 0.3 is 12.3 Å². The Morgan fingerprint density at radius 2 is 1.64 bits per heavy atom. The number of pyridine rings is 1. The number of ether oxygens (including phenoxy) is 2. The van der Waals surface area contributed by atoms with Gasteiger partial charge in [0.05, 0.1) is 12.7 Å². The van der Waals surface area contributed by atoms with Crippen molar-refractivity contribution in [3.8, 4) is 5.75 Å². The number of halogens is 5. The van der Waals surface area contributed by atoms with E-state index in [0.29, 0.717) is 0 Å². The van der Waals surface area contributed by atoms with Crippen molar-refractivity contribution in [2.75, 3.05) is 30.8 Å². The van der Waals surface area contributed by atoms with Crippen molar-refractivity contribution in [1.29, 1.82) is 0 Å². The maximum Gasteiger partial charge on any atom is 0.430 e. The molecule has 1 aromatic heterocycles. The summed E-state index contributed by atoms with van der Waals surface area (Å²) in [4.78, 5) is 30.1. The number of benzene rings is 2. The lowest BCUT2D eigenvalue weighted by molar-refractivity contribution is -0.199. The van der Waals surface area contributed by atoms with Crippen molar-refractivity contribution in [2.24, 2.45) is 0 Å². The average molecular weight is 655 g/mol. The number of carbonyl (C=O) groups excluding carboxylic acids is 2. The third-order valence-electron chi connectivity index (χ3n) is 6.45. The molecule has 2 unspecified atom stereocenters. The summed E-state index contributed by atoms with van der Waals surface area (Å²) >= 11 is 0. The van der Waals surface area contributed by atoms with E-state index in [1.807, 2.05) is 20.8 Å². The molecular formula is C31H36F5N4O4P. The van der Waals surface area contributed by atoms with Gasteiger partial charge in [0.25, 0.3) is 5.91 Å². The van der Waals surface area contributed by atoms with Crippen molar-refractivity contribution in [2.45, 2.75) is 57.3 Å². The van der Waals surface area contributed by atoms with Gasteiger partial charge in [-0.1, -0.05) is 21.4 Å². The Labute approximate surface area is 260 Å². The van der Waals surface area contributed by atoms with Gasteiger partial charge in [-0.3, -0.25) is 4.79 Å². The standard InChI is InChI=1S/C22H19F5N3O2P.C9H17NO2/c1-32-18-11-15(8-9-17(18)21(24,33)22(25,26)27)30-20(31)16-3-2-10-28-19(16)29-12-13-4-6-14(23)7-5-13;1-9(2,3)12-8(11)10-6-4-5-7-10/h2-11H,12,33H2,1H3,(H,28,29)(H,30,31);4-7H2,1-3H3. The number of hydrogen-bond acceptors (Lipinski definition) is 6. The normalized spacial score (nSPS) is 14.5. The zero-order chi connectivity index (χ0) is 33.4. The number of nitrogens with one attached hydrogen (secondary N) is 2. The van der Waals surface area contributed by atoms with Crippen LogP contribution in [0.2, 0.25) is 0 Å². The van der Waals surface area contributed by atoms with Crippen molar-refractivity contribution >= 4 is 32.7 Å². The minimum absolute atomic E-state index is 0.0944. The molecule has 0 radical (unpaired) electrons. The minimum atomic E-state index is -5.18. The molecule has 0 saturated carbocycles. The number of methoxy groups -OCH3 is 1. The molecule has 45 heavy (non-hydrogen) atoms. The largest absolute Gasteiger partial charge is 0.496 e. The first-order valence-corrected chi connectivity index (χ1v) is 14.5. The van der Waals surface area contributed by atoms with E-state index < -0.39 is 23.1 Å². The van der Waals surface area contributed by atoms with E-state index in [1.165, 1.54) is 30.5 Å². The Hall–Kier alpha value is -3.99. The Balaban J connectivity index is 0.000000385. The molecule has 2 aromatic carbocycles. The van der Waals surface area contributed by atoms with E-state index in [1.54, 1.807) is 17.0 Å². The predicted octanol–water partition coefficient (Wildman–Crippen LogP) is 7.67. The fourth-order valence-corrected chi connectivity index (χ4v) is 4.40. The van der Waals surface area contributed by atoms with Gasteiger partial charge in [-0.15, -0.1) is 0 Å². The lowest BCUT2D eigenvalue weighted by atomic mass is 10.1. The van der Waals surface area contributed by atoms with E-state index in [4.69, 9.17) is 9.47 Å². The van der Waals surface area contributed by atoms with E-state index >= 15 is 0 Å². The smallest absolute Gasteiger partial charge is 0.430 e. The summed E-state index contributed by atoms with van der Waals surface area (Å²) in [5.41, 5.74) is -0.102. The number of rotatable bonds is 7. The minimum Gasteiger partial charge on any atom is -0.496 e. The van der Waals surface area contributed by atoms with Gasteiger partial charge in [0, 0.05) is 43.1 Å². The van der Waals surface area contributed by atoms with Crippen LogP contribution in [0.15, 0.2) is 60.8 Å². The van der Waals surface area contributed by atoms with Gasteiger partial charge in [0.1, 0.15) is 23.0 Å². The van der Waals surface area contributed by atoms with E-state index in [-0.39, 0.29) is 46.9 Å². The van der Waals surface area contributed by atoms with Crippen LogP contribution in [-0.2, 0) is 16.7 Å². The Morgan fingerprint density at radius 1 is 1.00 bits per heavy atom. The molecule has 2 atom stereocenters. The van der Waals surface area contributed by atoms with Gasteiger partial charge in [-0.2, -0.15) is 13.2 Å². The second-order valence-corrected chi connectivity index (χ2v) is 11.9. The van der Waals surface area contributed by atoms with Crippen LogP contribution >= 0.6 is 9.24 Å². The molecule has 2 heterocycles. The van der Waals surface area contributed by atoms with Gasteiger partial charge in [0.2, 0.25) is 5.41 Å². The number of nitrogens with zero attached hydrogens (tertiary/aromatic N) is 2. The summed E-state index contributed by atoms with van der Waals surface area (Å²) in [5.74, 6) is -1.12. The fraction of sp³-hybridized carbons (Fsp3) is 0.387. The highest BCUT2D eigenvalue weighted by Crippen LogP contribution is 2.51. The molecule has 8 nitrogen and oxygen atoms in total. The first kappa shape index (κ1) is 35.5. The highest BCUT2D eigenvalue weighted by atomic mass is 31.0. The second-order valence-electron chi connectivity index (χ2n) is 11.1. The highest BCUT2D eigenvalue weighted by molar-refractivity contribution is 7.18. The van der Waals surface area contributed by atoms with Crippen LogP contribution in [0, 0.1) is 5.82 Å². The SMILES string of the molecule is CC(C)(C)OC(=O)N1CCCC1.COc1cc(NC(=O)c2cccnc2NCc2ccc(F)cc2)ccc1C(F)(P)C(F)(F)F. The quantitative estimate of drug-likeness (QED) is 0.201. The van der Waals surface area contributed by atoms with Crippen LogP contribution in [0.25, 0.3) is 0 Å². The van der Waals surface area contributed by atoms with Crippen molar-refractivity contribution in [3.63, 3.8) is 0 Å². The van der Waals surface area contributed by atoms with Crippen LogP contribution in [-0.4, -0.2) is 53.9 Å². The monoisotopic (exact) mass is 654 g/mol. The van der Waals surface area contributed by atoms with Gasteiger partial charge in [-0.25, -0.2) is 18.6 Å². The molecule has 244 valence electrons. The zero-order valence-electron chi connectivity index (χ0n) is 25.3. The van der Waals surface area contributed by atoms with E-state index in [0.717, 1.165) is 66.0 Å². The summed E-state index contributed by atoms with van der Waals surface area (Å²) in [6.07, 6.45) is -1.66. The van der Waals surface area contributed by atoms with E-state index in [2.05, 4.69) is 15.6 Å². The molecule has 0 aliphatic carbocycles. The molecule has 4 rings (SSSR count). The second kappa shape index (κ2) is 14.9. The topological polar surface area (TPSA) is 92.8 Å². The Kier molecular flexibility index (Phi) is 11.7. The molecule has 0 spiro atoms. The van der Waals surface area contributed by atoms with Gasteiger partial charge in [0.15, 0.2) is 0 Å². The Bertz CT molecular complexity index is 1460. The summed E-state index contributed by atoms with van der Waals surface area (Å²) in [6, 6.07) is 11.9. The molecule has 14 heteroatoms. The Morgan fingerprint density at radius 3 is 2.22 bits per heavy atom. The fourth-order valence-electron chi connectivity index (χ4n) is 4.16. The molecule has 1 aliphatic heterocycles. The third kappa shape index (κ3) is 10.0. The number of hydrogen-bond donors (Lipinski definition) is 2. The average Bonchev–Trinajstić information content (AvgIpc) is 3.51. The van der Waals surface area contributed by atoms with Crippen LogP contribution in [0.1, 0.15) is 55.1 Å². The molecule has 2 amide bonds. The van der Waals surface area contributed by atoms with Gasteiger partial charge in [-0.05, 0) is 75.6 Å². The molecule has 3 aromatic rings. The molecule has 2 N–H and O–H groups in total. The number of alkyl halides is 4. The summed E-state index contributed by atoms with van der Waals surface area (Å²) in [6.45, 7) is 7.65. The summed E-state index contributed by atoms with van der Waals surface area (Å²) in [7, 11) is 2.24. The van der Waals surface area contributed by atoms with E-state index in [9.17, 15) is 31.5 Å². The number of anilines is 2. The maximum atomic E-state index is 14.4. The lowest BCUT2D eigenvalue weighted by Crippen LogP contribution is -2.34. The lowest BCUT2D eigenvalue weighted by Gasteiger charge is -2.25. The first-order chi connectivity index (χ1) is 21.0. The van der Waals surface area contributed by atoms with Crippen LogP contribution in [0.5, 0.6) is 5.75 Å². The van der Waals surface area contributed by atoms with Crippen molar-refractivity contribution in [3.05, 3.63) is 83.3 Å². The first-order valence-electron chi connectivity index (χ1n) is 14.0. The maximum absolute atomic E-state index is 14.4. The summed E-state index contributed by atoms with van der Waals surface area (Å²) in [5, 5.41) is 1.80. The van der Waals surface area contributed by atoms with Crippen molar-refractivity contribution < 1.29 is 41.0 Å². The van der Waals surface area contributed by atoms with Crippen LogP contribution in [0.4, 0.5) is 38.3 Å². The summed E-state index contributed by atoms with van der Waals surface area (Å²) < 4.78 is 76.8. The van der Waals surface area contributed by atoms with Crippen LogP contribution < -0.4 is 15.4 Å². The third-order valence-corrected chi connectivity index (χ3v) is 7.09. The number of aromatic nitrogens is 1. The highest BCUT2D eigenvalue weighted by Gasteiger charge is 2.55. The molecule has 1 fully saturated rings. The zero-order valence-corrected chi connectivity index (χ0v) is 26.5. The number of carbonyl (C=O) groups is 2. The molecular weight excluding hydrogens is 618 g/mol. The predicted molar refractivity (Wildman–Crippen MR) is 165 cm³/mol. The van der Waals surface area contributed by atoms with Crippen molar-refractivity contribution in [1.82, 2.24) is 9.88 Å². The number of likely N-dealkylation sites (tertiary alicyclic amines) is 1.